The van der Waals surface area contributed by atoms with Gasteiger partial charge in [0.1, 0.15) is 6.04 Å². The minimum Gasteiger partial charge on any atom is -0.481 e. The third kappa shape index (κ3) is 5.78. The number of aromatic nitrogens is 4. The number of nitrogens with one attached hydrogen (secondary N) is 2. The molecule has 16 heteroatoms. The van der Waals surface area contributed by atoms with E-state index in [1.165, 1.54) is 51.5 Å². The van der Waals surface area contributed by atoms with Crippen molar-refractivity contribution in [3.63, 3.8) is 0 Å². The molecule has 1 aliphatic carbocycles. The lowest BCUT2D eigenvalue weighted by Gasteiger charge is -2.16. The van der Waals surface area contributed by atoms with Crippen molar-refractivity contribution >= 4 is 39.0 Å². The van der Waals surface area contributed by atoms with Gasteiger partial charge in [0, 0.05) is 17.7 Å². The van der Waals surface area contributed by atoms with Crippen LogP contribution in [0.25, 0.3) is 0 Å². The molecule has 1 amide bonds. The highest BCUT2D eigenvalue weighted by molar-refractivity contribution is 7.92. The van der Waals surface area contributed by atoms with E-state index in [4.69, 9.17) is 21.1 Å². The molecule has 0 spiro atoms. The molecule has 2 aromatic heterocycles. The summed E-state index contributed by atoms with van der Waals surface area (Å²) in [6.07, 6.45) is -3.47. The summed E-state index contributed by atoms with van der Waals surface area (Å²) in [5, 5.41) is 5.66. The number of hydrogen-bond donors (Lipinski definition) is 2. The van der Waals surface area contributed by atoms with Crippen LogP contribution in [0.3, 0.4) is 0 Å². The first-order chi connectivity index (χ1) is 17.8. The van der Waals surface area contributed by atoms with Crippen molar-refractivity contribution in [2.24, 2.45) is 0 Å². The molecular weight excluding hydrogens is 553 g/mol. The number of hydrogen-bond acceptors (Lipinski definition) is 8. The third-order valence-electron chi connectivity index (χ3n) is 5.61. The van der Waals surface area contributed by atoms with Gasteiger partial charge in [-0.2, -0.15) is 28.2 Å². The number of benzene rings is 1. The number of rotatable bonds is 9. The molecule has 1 aliphatic rings. The second-order valence-electron chi connectivity index (χ2n) is 8.34. The zero-order valence-electron chi connectivity index (χ0n) is 20.2. The molecule has 1 saturated carbocycles. The number of halogens is 4. The Morgan fingerprint density at radius 1 is 1.16 bits per heavy atom. The van der Waals surface area contributed by atoms with Crippen molar-refractivity contribution in [1.29, 1.82) is 0 Å². The number of carbonyl (C=O) groups excluding carboxylic acids is 1. The van der Waals surface area contributed by atoms with Crippen molar-refractivity contribution in [2.75, 3.05) is 24.3 Å². The standard InChI is InChI=1S/C22H22ClF3N6O5S/c1-11(32-18(12-4-5-12)17(23)19(30-32)22(24,25)26)20(33)27-13-6-8-14(9-7-13)38(34,35)31-15-10-16(36-2)29-21(28-15)37-3/h6-12H,4-5H2,1-3H3,(H,27,33)(H,28,29,31). The first-order valence-electron chi connectivity index (χ1n) is 11.1. The van der Waals surface area contributed by atoms with E-state index in [2.05, 4.69) is 25.1 Å². The van der Waals surface area contributed by atoms with E-state index in [9.17, 15) is 26.4 Å². The molecule has 1 unspecified atom stereocenters. The maximum atomic E-state index is 13.4. The molecule has 4 rings (SSSR count). The Kier molecular flexibility index (Phi) is 7.43. The Morgan fingerprint density at radius 3 is 2.37 bits per heavy atom. The van der Waals surface area contributed by atoms with Crippen LogP contribution in [-0.4, -0.2) is 48.3 Å². The molecule has 38 heavy (non-hydrogen) atoms. The number of methoxy groups -OCH3 is 2. The number of sulfonamides is 1. The summed E-state index contributed by atoms with van der Waals surface area (Å²) in [7, 11) is -1.44. The highest BCUT2D eigenvalue weighted by atomic mass is 35.5. The Labute approximate surface area is 220 Å². The summed E-state index contributed by atoms with van der Waals surface area (Å²) in [5.41, 5.74) is -0.845. The number of alkyl halides is 3. The van der Waals surface area contributed by atoms with Crippen LogP contribution in [0, 0.1) is 0 Å². The maximum Gasteiger partial charge on any atom is 0.436 e. The molecule has 3 aromatic rings. The van der Waals surface area contributed by atoms with E-state index in [0.717, 1.165) is 4.68 Å². The van der Waals surface area contributed by atoms with E-state index in [1.807, 2.05) is 0 Å². The fourth-order valence-electron chi connectivity index (χ4n) is 3.55. The molecular formula is C22H22ClF3N6O5S. The smallest absolute Gasteiger partial charge is 0.436 e. The van der Waals surface area contributed by atoms with Gasteiger partial charge >= 0.3 is 12.2 Å². The normalized spacial score (nSPS) is 14.6. The van der Waals surface area contributed by atoms with Crippen LogP contribution in [0.1, 0.15) is 43.1 Å². The number of nitrogens with zero attached hydrogens (tertiary/aromatic N) is 4. The molecule has 1 aromatic carbocycles. The maximum absolute atomic E-state index is 13.4. The predicted octanol–water partition coefficient (Wildman–Crippen LogP) is 4.24. The van der Waals surface area contributed by atoms with Crippen LogP contribution < -0.4 is 19.5 Å². The van der Waals surface area contributed by atoms with Gasteiger partial charge in [0.25, 0.3) is 10.0 Å². The predicted molar refractivity (Wildman–Crippen MR) is 130 cm³/mol. The fraction of sp³-hybridized carbons (Fsp3) is 0.364. The summed E-state index contributed by atoms with van der Waals surface area (Å²) in [6, 6.07) is 5.17. The van der Waals surface area contributed by atoms with E-state index in [0.29, 0.717) is 12.8 Å². The molecule has 1 fully saturated rings. The van der Waals surface area contributed by atoms with E-state index in [-0.39, 0.29) is 39.9 Å². The molecule has 2 heterocycles. The highest BCUT2D eigenvalue weighted by Gasteiger charge is 2.43. The van der Waals surface area contributed by atoms with Gasteiger partial charge in [-0.15, -0.1) is 0 Å². The largest absolute Gasteiger partial charge is 0.481 e. The number of ether oxygens (including phenoxy) is 2. The Morgan fingerprint density at radius 2 is 1.82 bits per heavy atom. The zero-order chi connectivity index (χ0) is 27.8. The van der Waals surface area contributed by atoms with Crippen LogP contribution >= 0.6 is 11.6 Å². The van der Waals surface area contributed by atoms with Crippen molar-refractivity contribution in [3.05, 3.63) is 46.7 Å². The molecule has 1 atom stereocenters. The van der Waals surface area contributed by atoms with Crippen LogP contribution in [0.2, 0.25) is 5.02 Å². The van der Waals surface area contributed by atoms with Crippen molar-refractivity contribution < 1.29 is 35.9 Å². The minimum atomic E-state index is -4.76. The van der Waals surface area contributed by atoms with Crippen LogP contribution in [0.5, 0.6) is 11.9 Å². The minimum absolute atomic E-state index is 0.0763. The SMILES string of the molecule is COc1cc(NS(=O)(=O)c2ccc(NC(=O)C(C)n3nc(C(F)(F)F)c(Cl)c3C3CC3)cc2)nc(OC)n1. The van der Waals surface area contributed by atoms with Crippen LogP contribution in [-0.2, 0) is 21.0 Å². The molecule has 0 saturated heterocycles. The Bertz CT molecular complexity index is 1440. The van der Waals surface area contributed by atoms with E-state index in [1.54, 1.807) is 0 Å². The zero-order valence-corrected chi connectivity index (χ0v) is 21.8. The summed E-state index contributed by atoms with van der Waals surface area (Å²) in [4.78, 5) is 20.5. The summed E-state index contributed by atoms with van der Waals surface area (Å²) < 4.78 is 78.8. The second-order valence-corrected chi connectivity index (χ2v) is 10.4. The summed E-state index contributed by atoms with van der Waals surface area (Å²) in [6.45, 7) is 1.40. The number of amides is 1. The monoisotopic (exact) mass is 574 g/mol. The van der Waals surface area contributed by atoms with E-state index >= 15 is 0 Å². The van der Waals surface area contributed by atoms with E-state index < -0.39 is 38.9 Å². The van der Waals surface area contributed by atoms with Crippen molar-refractivity contribution in [3.8, 4) is 11.9 Å². The van der Waals surface area contributed by atoms with Gasteiger partial charge in [-0.3, -0.25) is 14.2 Å². The number of anilines is 2. The van der Waals surface area contributed by atoms with Gasteiger partial charge in [0.15, 0.2) is 11.5 Å². The molecule has 0 aliphatic heterocycles. The van der Waals surface area contributed by atoms with Crippen molar-refractivity contribution in [2.45, 2.75) is 42.8 Å². The fourth-order valence-corrected chi connectivity index (χ4v) is 4.93. The van der Waals surface area contributed by atoms with Gasteiger partial charge in [0.05, 0.1) is 29.8 Å². The third-order valence-corrected chi connectivity index (χ3v) is 7.35. The first kappa shape index (κ1) is 27.4. The lowest BCUT2D eigenvalue weighted by atomic mass is 10.2. The quantitative estimate of drug-likeness (QED) is 0.387. The van der Waals surface area contributed by atoms with Gasteiger partial charge < -0.3 is 14.8 Å². The molecule has 11 nitrogen and oxygen atoms in total. The summed E-state index contributed by atoms with van der Waals surface area (Å²) >= 11 is 5.99. The summed E-state index contributed by atoms with van der Waals surface area (Å²) in [5.74, 6) is -0.878. The molecule has 0 radical (unpaired) electrons. The van der Waals surface area contributed by atoms with Gasteiger partial charge in [0.2, 0.25) is 11.8 Å². The lowest BCUT2D eigenvalue weighted by Crippen LogP contribution is -2.26. The highest BCUT2D eigenvalue weighted by Crippen LogP contribution is 2.47. The molecule has 0 bridgehead atoms. The molecule has 2 N–H and O–H groups in total. The van der Waals surface area contributed by atoms with Gasteiger partial charge in [-0.25, -0.2) is 8.42 Å². The van der Waals surface area contributed by atoms with Crippen LogP contribution in [0.15, 0.2) is 35.2 Å². The van der Waals surface area contributed by atoms with Crippen molar-refractivity contribution in [1.82, 2.24) is 19.7 Å². The second kappa shape index (κ2) is 10.3. The number of carbonyl (C=O) groups is 1. The molecule has 204 valence electrons. The average Bonchev–Trinajstić information content (AvgIpc) is 3.63. The van der Waals surface area contributed by atoms with Crippen LogP contribution in [0.4, 0.5) is 24.7 Å². The van der Waals surface area contributed by atoms with Gasteiger partial charge in [-0.05, 0) is 44.0 Å². The average molecular weight is 575 g/mol. The topological polar surface area (TPSA) is 137 Å². The first-order valence-corrected chi connectivity index (χ1v) is 13.0. The van der Waals surface area contributed by atoms with Gasteiger partial charge in [-0.1, -0.05) is 11.6 Å². The Balaban J connectivity index is 1.50. The Hall–Kier alpha value is -3.59. The lowest BCUT2D eigenvalue weighted by molar-refractivity contribution is -0.141.